The maximum absolute atomic E-state index is 8.40. The topological polar surface area (TPSA) is 17.0 Å². The van der Waals surface area contributed by atoms with Gasteiger partial charge < -0.3 is 4.42 Å². The summed E-state index contributed by atoms with van der Waals surface area (Å²) in [7, 11) is 2.03. The van der Waals surface area contributed by atoms with E-state index in [0.29, 0.717) is 11.1 Å². The van der Waals surface area contributed by atoms with Gasteiger partial charge in [-0.1, -0.05) is 47.7 Å². The van der Waals surface area contributed by atoms with Crippen LogP contribution in [0.15, 0.2) is 64.5 Å². The lowest BCUT2D eigenvalue weighted by Gasteiger charge is -2.06. The molecule has 0 saturated carbocycles. The van der Waals surface area contributed by atoms with Crippen molar-refractivity contribution in [3.8, 4) is 21.7 Å². The SMILES string of the molecule is [2H]C1([2H])c2ccc(-c3cccc4c3oc3cc(C)c(-c5scc[n+]5C)cc34)cc2C([2H])([2H])C1([2H])[2H]. The fraction of sp³-hybridized carbons (Fsp3) is 0.192. The molecule has 2 aromatic heterocycles. The zero-order chi connectivity index (χ0) is 24.9. The molecule has 2 heterocycles. The Morgan fingerprint density at radius 1 is 1.00 bits per heavy atom. The minimum atomic E-state index is -2.68. The molecule has 0 amide bonds. The van der Waals surface area contributed by atoms with E-state index in [9.17, 15) is 0 Å². The maximum atomic E-state index is 8.40. The third kappa shape index (κ3) is 2.57. The molecule has 0 atom stereocenters. The molecule has 0 aliphatic heterocycles. The number of benzene rings is 3. The van der Waals surface area contributed by atoms with E-state index >= 15 is 0 Å². The van der Waals surface area contributed by atoms with Crippen LogP contribution in [-0.4, -0.2) is 0 Å². The van der Waals surface area contributed by atoms with Crippen LogP contribution in [0.1, 0.15) is 31.3 Å². The Labute approximate surface area is 182 Å². The van der Waals surface area contributed by atoms with Crippen LogP contribution in [0.3, 0.4) is 0 Å². The predicted molar refractivity (Wildman–Crippen MR) is 120 cm³/mol. The number of para-hydroxylation sites is 1. The summed E-state index contributed by atoms with van der Waals surface area (Å²) in [6.07, 6.45) is -5.54. The lowest BCUT2D eigenvalue weighted by atomic mass is 9.98. The second-order valence-corrected chi connectivity index (χ2v) is 8.30. The molecule has 0 radical (unpaired) electrons. The second-order valence-electron chi connectivity index (χ2n) is 7.40. The van der Waals surface area contributed by atoms with Crippen molar-refractivity contribution in [2.24, 2.45) is 7.05 Å². The Morgan fingerprint density at radius 2 is 1.90 bits per heavy atom. The fourth-order valence-corrected chi connectivity index (χ4v) is 5.03. The van der Waals surface area contributed by atoms with Crippen molar-refractivity contribution >= 4 is 33.3 Å². The van der Waals surface area contributed by atoms with Crippen molar-refractivity contribution in [1.82, 2.24) is 0 Å². The maximum Gasteiger partial charge on any atom is 0.269 e. The predicted octanol–water partition coefficient (Wildman–Crippen LogP) is 6.60. The van der Waals surface area contributed by atoms with Crippen molar-refractivity contribution < 1.29 is 17.2 Å². The van der Waals surface area contributed by atoms with Crippen LogP contribution in [0.25, 0.3) is 43.6 Å². The zero-order valence-electron chi connectivity index (χ0n) is 22.0. The molecule has 142 valence electrons. The Morgan fingerprint density at radius 3 is 2.76 bits per heavy atom. The average Bonchev–Trinajstić information content (AvgIpc) is 3.42. The Hall–Kier alpha value is -2.91. The molecule has 0 fully saturated rings. The van der Waals surface area contributed by atoms with Gasteiger partial charge in [-0.3, -0.25) is 0 Å². The third-order valence-corrected chi connectivity index (χ3v) is 6.57. The first kappa shape index (κ1) is 11.9. The molecule has 3 aromatic carbocycles. The quantitative estimate of drug-likeness (QED) is 0.304. The van der Waals surface area contributed by atoms with Gasteiger partial charge in [0.1, 0.15) is 18.2 Å². The van der Waals surface area contributed by atoms with Crippen LogP contribution in [0.4, 0.5) is 0 Å². The minimum Gasteiger partial charge on any atom is -0.455 e. The van der Waals surface area contributed by atoms with E-state index in [1.807, 2.05) is 37.5 Å². The number of aryl methyl sites for hydroxylation is 4. The first-order valence-electron chi connectivity index (χ1n) is 12.5. The molecule has 1 aliphatic carbocycles. The standard InChI is InChI=1S/C26H22NOS/c1-16-13-24-23(15-22(16)26-27(2)11-12-29-26)21-8-4-7-20(25(21)28-24)19-10-9-17-5-3-6-18(17)14-19/h4,7-15H,3,5-6H2,1-2H3/q+1/i3D2,5D2,6D2. The molecule has 6 rings (SSSR count). The van der Waals surface area contributed by atoms with Gasteiger partial charge in [0.2, 0.25) is 0 Å². The lowest BCUT2D eigenvalue weighted by Crippen LogP contribution is -2.26. The molecule has 5 aromatic rings. The van der Waals surface area contributed by atoms with Gasteiger partial charge in [0.15, 0.2) is 6.20 Å². The van der Waals surface area contributed by atoms with Crippen LogP contribution in [0, 0.1) is 6.92 Å². The zero-order valence-corrected chi connectivity index (χ0v) is 16.9. The summed E-state index contributed by atoms with van der Waals surface area (Å²) in [5.74, 6) is 0. The van der Waals surface area contributed by atoms with Gasteiger partial charge in [-0.2, -0.15) is 4.57 Å². The highest BCUT2D eigenvalue weighted by Crippen LogP contribution is 2.39. The van der Waals surface area contributed by atoms with Crippen LogP contribution in [-0.2, 0) is 19.8 Å². The van der Waals surface area contributed by atoms with Crippen molar-refractivity contribution in [2.75, 3.05) is 0 Å². The molecule has 0 saturated heterocycles. The van der Waals surface area contributed by atoms with E-state index in [0.717, 1.165) is 38.1 Å². The molecule has 0 spiro atoms. The molecule has 3 heteroatoms. The van der Waals surface area contributed by atoms with Gasteiger partial charge in [0.25, 0.3) is 5.01 Å². The Kier molecular flexibility index (Phi) is 2.59. The van der Waals surface area contributed by atoms with Gasteiger partial charge >= 0.3 is 0 Å². The first-order valence-corrected chi connectivity index (χ1v) is 10.4. The van der Waals surface area contributed by atoms with E-state index in [1.54, 1.807) is 23.5 Å². The molecule has 2 nitrogen and oxygen atoms in total. The van der Waals surface area contributed by atoms with E-state index in [4.69, 9.17) is 12.6 Å². The molecular formula is C26H22NOS+. The number of aromatic nitrogens is 1. The Balaban J connectivity index is 1.57. The molecule has 0 unspecified atom stereocenters. The molecular weight excluding hydrogens is 374 g/mol. The summed E-state index contributed by atoms with van der Waals surface area (Å²) in [5, 5.41) is 5.13. The summed E-state index contributed by atoms with van der Waals surface area (Å²) >= 11 is 1.68. The van der Waals surface area contributed by atoms with Gasteiger partial charge in [-0.05, 0) is 60.4 Å². The van der Waals surface area contributed by atoms with Gasteiger partial charge in [0.05, 0.1) is 10.9 Å². The monoisotopic (exact) mass is 402 g/mol. The summed E-state index contributed by atoms with van der Waals surface area (Å²) in [6.45, 7) is 2.06. The number of hydrogen-bond donors (Lipinski definition) is 0. The fourth-order valence-electron chi connectivity index (χ4n) is 4.08. The van der Waals surface area contributed by atoms with Crippen LogP contribution >= 0.6 is 11.3 Å². The van der Waals surface area contributed by atoms with Crippen molar-refractivity contribution in [3.63, 3.8) is 0 Å². The van der Waals surface area contributed by atoms with E-state index in [-0.39, 0.29) is 11.1 Å². The first-order chi connectivity index (χ1) is 16.4. The summed E-state index contributed by atoms with van der Waals surface area (Å²) in [6, 6.07) is 14.8. The normalized spacial score (nSPS) is 21.7. The number of fused-ring (bicyclic) bond motifs is 4. The summed E-state index contributed by atoms with van der Waals surface area (Å²) < 4.78 is 58.1. The van der Waals surface area contributed by atoms with Crippen molar-refractivity contribution in [3.05, 3.63) is 76.8 Å². The van der Waals surface area contributed by atoms with Gasteiger partial charge in [-0.15, -0.1) is 0 Å². The smallest absolute Gasteiger partial charge is 0.269 e. The Bertz CT molecular complexity index is 1670. The molecule has 0 N–H and O–H groups in total. The largest absolute Gasteiger partial charge is 0.455 e. The van der Waals surface area contributed by atoms with Gasteiger partial charge in [0, 0.05) is 24.6 Å². The minimum absolute atomic E-state index is 0.0430. The molecule has 0 bridgehead atoms. The average molecular weight is 403 g/mol. The molecule has 29 heavy (non-hydrogen) atoms. The number of thiazole rings is 1. The number of nitrogens with zero attached hydrogens (tertiary/aromatic N) is 1. The lowest BCUT2D eigenvalue weighted by molar-refractivity contribution is -0.655. The van der Waals surface area contributed by atoms with Crippen molar-refractivity contribution in [1.29, 1.82) is 0 Å². The third-order valence-electron chi connectivity index (χ3n) is 5.58. The summed E-state index contributed by atoms with van der Waals surface area (Å²) in [5.41, 5.74) is 5.18. The summed E-state index contributed by atoms with van der Waals surface area (Å²) in [4.78, 5) is 0. The van der Waals surface area contributed by atoms with E-state index in [2.05, 4.69) is 22.9 Å². The highest BCUT2D eigenvalue weighted by atomic mass is 32.1. The highest BCUT2D eigenvalue weighted by Gasteiger charge is 2.19. The van der Waals surface area contributed by atoms with E-state index in [1.165, 1.54) is 6.07 Å². The number of rotatable bonds is 2. The highest BCUT2D eigenvalue weighted by molar-refractivity contribution is 7.12. The van der Waals surface area contributed by atoms with Crippen LogP contribution in [0.2, 0.25) is 0 Å². The van der Waals surface area contributed by atoms with E-state index < -0.39 is 19.1 Å². The second kappa shape index (κ2) is 6.30. The van der Waals surface area contributed by atoms with Gasteiger partial charge in [-0.25, -0.2) is 0 Å². The molecule has 1 aliphatic rings. The number of hydrogen-bond acceptors (Lipinski definition) is 2. The van der Waals surface area contributed by atoms with Crippen molar-refractivity contribution in [2.45, 2.75) is 26.0 Å². The number of furan rings is 1. The van der Waals surface area contributed by atoms with Crippen LogP contribution < -0.4 is 4.57 Å². The van der Waals surface area contributed by atoms with Crippen LogP contribution in [0.5, 0.6) is 0 Å².